The molecule has 0 N–H and O–H groups in total. The van der Waals surface area contributed by atoms with Crippen LogP contribution in [0.3, 0.4) is 0 Å². The zero-order valence-electron chi connectivity index (χ0n) is 12.3. The number of thiophene rings is 1. The number of fused-ring (bicyclic) bond motifs is 2. The second-order valence-electron chi connectivity index (χ2n) is 5.21. The van der Waals surface area contributed by atoms with E-state index in [2.05, 4.69) is 0 Å². The molecule has 0 amide bonds. The van der Waals surface area contributed by atoms with E-state index >= 15 is 0 Å². The largest absolute Gasteiger partial charge is 0.454 e. The van der Waals surface area contributed by atoms with Crippen molar-refractivity contribution in [1.29, 1.82) is 0 Å². The van der Waals surface area contributed by atoms with Crippen LogP contribution in [0.15, 0.2) is 52.3 Å². The van der Waals surface area contributed by atoms with Gasteiger partial charge in [0.15, 0.2) is 11.5 Å². The SMILES string of the molecule is O=C(OCc1cccs1)c1cc2c(o1)C(=O)c1ccccc1C2=O. The van der Waals surface area contributed by atoms with Gasteiger partial charge < -0.3 is 9.15 Å². The van der Waals surface area contributed by atoms with Gasteiger partial charge in [-0.1, -0.05) is 30.3 Å². The lowest BCUT2D eigenvalue weighted by Crippen LogP contribution is -2.18. The van der Waals surface area contributed by atoms with Gasteiger partial charge in [-0.15, -0.1) is 11.3 Å². The summed E-state index contributed by atoms with van der Waals surface area (Å²) in [7, 11) is 0. The van der Waals surface area contributed by atoms with E-state index in [-0.39, 0.29) is 35.0 Å². The molecule has 0 bridgehead atoms. The van der Waals surface area contributed by atoms with Crippen molar-refractivity contribution in [3.63, 3.8) is 0 Å². The van der Waals surface area contributed by atoms with Crippen LogP contribution in [0, 0.1) is 0 Å². The van der Waals surface area contributed by atoms with Crippen LogP contribution in [0.25, 0.3) is 0 Å². The fraction of sp³-hybridized carbons (Fsp3) is 0.0556. The molecule has 1 aromatic carbocycles. The minimum atomic E-state index is -0.706. The van der Waals surface area contributed by atoms with Crippen LogP contribution in [0.4, 0.5) is 0 Å². The lowest BCUT2D eigenvalue weighted by atomic mass is 9.89. The summed E-state index contributed by atoms with van der Waals surface area (Å²) in [4.78, 5) is 37.9. The summed E-state index contributed by atoms with van der Waals surface area (Å²) in [6, 6.07) is 11.5. The molecule has 4 rings (SSSR count). The lowest BCUT2D eigenvalue weighted by molar-refractivity contribution is 0.0438. The number of furan rings is 1. The third kappa shape index (κ3) is 2.28. The summed E-state index contributed by atoms with van der Waals surface area (Å²) in [5.41, 5.74) is 0.693. The van der Waals surface area contributed by atoms with E-state index in [9.17, 15) is 14.4 Å². The predicted octanol–water partition coefficient (Wildman–Crippen LogP) is 3.47. The molecule has 118 valence electrons. The molecule has 0 unspecified atom stereocenters. The van der Waals surface area contributed by atoms with E-state index < -0.39 is 11.8 Å². The molecular formula is C18H10O5S. The molecule has 1 aliphatic carbocycles. The maximum absolute atomic E-state index is 12.5. The number of hydrogen-bond acceptors (Lipinski definition) is 6. The van der Waals surface area contributed by atoms with E-state index in [1.54, 1.807) is 24.3 Å². The Morgan fingerprint density at radius 2 is 1.75 bits per heavy atom. The zero-order chi connectivity index (χ0) is 16.7. The molecule has 0 saturated heterocycles. The lowest BCUT2D eigenvalue weighted by Gasteiger charge is -2.11. The van der Waals surface area contributed by atoms with Crippen molar-refractivity contribution in [2.75, 3.05) is 0 Å². The van der Waals surface area contributed by atoms with Crippen LogP contribution in [-0.4, -0.2) is 17.5 Å². The highest BCUT2D eigenvalue weighted by Gasteiger charge is 2.34. The van der Waals surface area contributed by atoms with Gasteiger partial charge in [-0.05, 0) is 11.4 Å². The molecule has 0 saturated carbocycles. The molecule has 6 heteroatoms. The number of benzene rings is 1. The van der Waals surface area contributed by atoms with Gasteiger partial charge in [-0.3, -0.25) is 9.59 Å². The number of carbonyl (C=O) groups is 3. The third-order valence-corrected chi connectivity index (χ3v) is 4.58. The Balaban J connectivity index is 1.63. The molecule has 5 nitrogen and oxygen atoms in total. The highest BCUT2D eigenvalue weighted by atomic mass is 32.1. The van der Waals surface area contributed by atoms with Crippen molar-refractivity contribution in [3.05, 3.63) is 80.9 Å². The smallest absolute Gasteiger partial charge is 0.374 e. The van der Waals surface area contributed by atoms with Crippen molar-refractivity contribution in [2.45, 2.75) is 6.61 Å². The Hall–Kier alpha value is -2.99. The molecule has 3 aromatic rings. The molecule has 0 fully saturated rings. The summed E-state index contributed by atoms with van der Waals surface area (Å²) in [5, 5.41) is 1.88. The number of ether oxygens (including phenoxy) is 1. The Morgan fingerprint density at radius 1 is 1.00 bits per heavy atom. The van der Waals surface area contributed by atoms with Crippen molar-refractivity contribution in [1.82, 2.24) is 0 Å². The Kier molecular flexibility index (Phi) is 3.39. The highest BCUT2D eigenvalue weighted by molar-refractivity contribution is 7.09. The average molecular weight is 338 g/mol. The first-order valence-corrected chi connectivity index (χ1v) is 8.05. The van der Waals surface area contributed by atoms with Crippen LogP contribution in [0.5, 0.6) is 0 Å². The number of esters is 1. The summed E-state index contributed by atoms with van der Waals surface area (Å²) >= 11 is 1.46. The summed E-state index contributed by atoms with van der Waals surface area (Å²) in [6.07, 6.45) is 0. The maximum atomic E-state index is 12.5. The van der Waals surface area contributed by atoms with Gasteiger partial charge in [0.1, 0.15) is 6.61 Å². The molecule has 0 spiro atoms. The monoisotopic (exact) mass is 338 g/mol. The maximum Gasteiger partial charge on any atom is 0.374 e. The second-order valence-corrected chi connectivity index (χ2v) is 6.25. The van der Waals surface area contributed by atoms with Crippen molar-refractivity contribution >= 4 is 28.9 Å². The fourth-order valence-electron chi connectivity index (χ4n) is 2.58. The van der Waals surface area contributed by atoms with E-state index in [1.165, 1.54) is 17.4 Å². The number of hydrogen-bond donors (Lipinski definition) is 0. The van der Waals surface area contributed by atoms with Crippen LogP contribution in [0.2, 0.25) is 0 Å². The molecule has 0 aliphatic heterocycles. The normalized spacial score (nSPS) is 12.7. The highest BCUT2D eigenvalue weighted by Crippen LogP contribution is 2.29. The van der Waals surface area contributed by atoms with E-state index in [1.807, 2.05) is 17.5 Å². The molecular weight excluding hydrogens is 328 g/mol. The van der Waals surface area contributed by atoms with E-state index in [0.717, 1.165) is 4.88 Å². The molecule has 0 radical (unpaired) electrons. The van der Waals surface area contributed by atoms with Gasteiger partial charge in [-0.2, -0.15) is 0 Å². The minimum Gasteiger partial charge on any atom is -0.454 e. The van der Waals surface area contributed by atoms with Crippen LogP contribution >= 0.6 is 11.3 Å². The van der Waals surface area contributed by atoms with Gasteiger partial charge in [0, 0.05) is 22.1 Å². The van der Waals surface area contributed by atoms with Gasteiger partial charge in [0.25, 0.3) is 0 Å². The average Bonchev–Trinajstić information content (AvgIpc) is 3.27. The first kappa shape index (κ1) is 14.6. The first-order chi connectivity index (χ1) is 11.6. The molecule has 2 aromatic heterocycles. The van der Waals surface area contributed by atoms with Crippen molar-refractivity contribution < 1.29 is 23.5 Å². The topological polar surface area (TPSA) is 73.6 Å². The van der Waals surface area contributed by atoms with Gasteiger partial charge in [0.05, 0.1) is 5.56 Å². The standard InChI is InChI=1S/C18H10O5S/c19-15-11-5-1-2-6-12(11)16(20)17-13(15)8-14(23-17)18(21)22-9-10-4-3-7-24-10/h1-8H,9H2. The predicted molar refractivity (Wildman–Crippen MR) is 85.5 cm³/mol. The second kappa shape index (κ2) is 5.58. The Bertz CT molecular complexity index is 913. The van der Waals surface area contributed by atoms with Gasteiger partial charge in [0.2, 0.25) is 11.5 Å². The first-order valence-electron chi connectivity index (χ1n) is 7.17. The zero-order valence-corrected chi connectivity index (χ0v) is 13.1. The third-order valence-electron chi connectivity index (χ3n) is 3.73. The van der Waals surface area contributed by atoms with Crippen LogP contribution in [0.1, 0.15) is 47.5 Å². The molecule has 1 aliphatic rings. The number of ketones is 2. The Labute approximate surface area is 140 Å². The molecule has 0 atom stereocenters. The van der Waals surface area contributed by atoms with Gasteiger partial charge >= 0.3 is 5.97 Å². The fourth-order valence-corrected chi connectivity index (χ4v) is 3.19. The van der Waals surface area contributed by atoms with Crippen LogP contribution < -0.4 is 0 Å². The molecule has 24 heavy (non-hydrogen) atoms. The summed E-state index contributed by atoms with van der Waals surface area (Å²) < 4.78 is 10.5. The van der Waals surface area contributed by atoms with E-state index in [4.69, 9.17) is 9.15 Å². The Morgan fingerprint density at radius 3 is 2.46 bits per heavy atom. The number of rotatable bonds is 3. The van der Waals surface area contributed by atoms with E-state index in [0.29, 0.717) is 5.56 Å². The van der Waals surface area contributed by atoms with Crippen LogP contribution in [-0.2, 0) is 11.3 Å². The van der Waals surface area contributed by atoms with Crippen molar-refractivity contribution in [3.8, 4) is 0 Å². The van der Waals surface area contributed by atoms with Gasteiger partial charge in [-0.25, -0.2) is 4.79 Å². The molecule has 2 heterocycles. The number of carbonyl (C=O) groups excluding carboxylic acids is 3. The minimum absolute atomic E-state index is 0.0989. The summed E-state index contributed by atoms with van der Waals surface area (Å²) in [6.45, 7) is 0.115. The quantitative estimate of drug-likeness (QED) is 0.535. The van der Waals surface area contributed by atoms with Crippen molar-refractivity contribution in [2.24, 2.45) is 0 Å². The summed E-state index contributed by atoms with van der Waals surface area (Å²) in [5.74, 6) is -1.70.